The van der Waals surface area contributed by atoms with Crippen LogP contribution in [-0.2, 0) is 11.2 Å². The predicted octanol–water partition coefficient (Wildman–Crippen LogP) is 4.93. The van der Waals surface area contributed by atoms with Crippen LogP contribution in [-0.4, -0.2) is 46.2 Å². The highest BCUT2D eigenvalue weighted by Crippen LogP contribution is 2.44. The minimum atomic E-state index is -1.11. The van der Waals surface area contributed by atoms with Gasteiger partial charge in [0.15, 0.2) is 11.3 Å². The number of nitro groups is 1. The first-order valence-electron chi connectivity index (χ1n) is 10.6. The van der Waals surface area contributed by atoms with Gasteiger partial charge in [-0.3, -0.25) is 15.0 Å². The van der Waals surface area contributed by atoms with Crippen molar-refractivity contribution in [1.29, 1.82) is 0 Å². The second-order valence-corrected chi connectivity index (χ2v) is 8.94. The number of carbonyl (C=O) groups excluding carboxylic acids is 1. The van der Waals surface area contributed by atoms with Gasteiger partial charge in [-0.15, -0.1) is 0 Å². The lowest BCUT2D eigenvalue weighted by atomic mass is 9.91. The molecule has 1 unspecified atom stereocenters. The number of amides is 1. The van der Waals surface area contributed by atoms with Gasteiger partial charge in [0.1, 0.15) is 17.4 Å². The van der Waals surface area contributed by atoms with Crippen LogP contribution in [0.15, 0.2) is 40.8 Å². The van der Waals surface area contributed by atoms with Crippen LogP contribution in [0.25, 0.3) is 11.0 Å². The first-order chi connectivity index (χ1) is 16.0. The zero-order valence-corrected chi connectivity index (χ0v) is 19.2. The molecule has 0 saturated carbocycles. The average Bonchev–Trinajstić information content (AvgIpc) is 3.16. The Morgan fingerprint density at radius 3 is 2.41 bits per heavy atom. The molecule has 10 nitrogen and oxygen atoms in total. The van der Waals surface area contributed by atoms with Crippen molar-refractivity contribution in [3.8, 4) is 5.75 Å². The highest BCUT2D eigenvalue weighted by molar-refractivity contribution is 6.06. The SMILES string of the molecule is COc1ccc(C(=O)O)c2c3c(oc12)C(c1ccc([N+](=O)[O-])cc1)N(C(=O)OC(C)(C)C)CC3. The average molecular weight is 468 g/mol. The van der Waals surface area contributed by atoms with Crippen molar-refractivity contribution < 1.29 is 33.5 Å². The summed E-state index contributed by atoms with van der Waals surface area (Å²) in [6.07, 6.45) is -0.245. The molecule has 4 rings (SSSR count). The van der Waals surface area contributed by atoms with E-state index in [1.54, 1.807) is 32.9 Å². The molecule has 1 amide bonds. The van der Waals surface area contributed by atoms with Gasteiger partial charge in [0.2, 0.25) is 0 Å². The van der Waals surface area contributed by atoms with Crippen molar-refractivity contribution in [3.63, 3.8) is 0 Å². The number of non-ortho nitro benzene ring substituents is 1. The van der Waals surface area contributed by atoms with Crippen LogP contribution >= 0.6 is 0 Å². The van der Waals surface area contributed by atoms with Crippen LogP contribution in [0.5, 0.6) is 5.75 Å². The Morgan fingerprint density at radius 2 is 1.85 bits per heavy atom. The molecule has 2 heterocycles. The molecule has 1 aliphatic rings. The fourth-order valence-corrected chi connectivity index (χ4v) is 4.20. The van der Waals surface area contributed by atoms with Crippen LogP contribution in [0.2, 0.25) is 0 Å². The number of carboxylic acid groups (broad SMARTS) is 1. The molecular weight excluding hydrogens is 444 g/mol. The Hall–Kier alpha value is -4.08. The molecule has 1 N–H and O–H groups in total. The van der Waals surface area contributed by atoms with Gasteiger partial charge in [0, 0.05) is 29.6 Å². The zero-order chi connectivity index (χ0) is 24.8. The summed E-state index contributed by atoms with van der Waals surface area (Å²) < 4.78 is 17.2. The summed E-state index contributed by atoms with van der Waals surface area (Å²) in [4.78, 5) is 37.2. The maximum absolute atomic E-state index is 13.1. The van der Waals surface area contributed by atoms with Gasteiger partial charge in [-0.1, -0.05) is 0 Å². The van der Waals surface area contributed by atoms with Gasteiger partial charge in [-0.25, -0.2) is 9.59 Å². The van der Waals surface area contributed by atoms with Crippen molar-refractivity contribution in [2.24, 2.45) is 0 Å². The first-order valence-corrected chi connectivity index (χ1v) is 10.6. The normalized spacial score (nSPS) is 15.6. The second kappa shape index (κ2) is 8.36. The molecule has 3 aromatic rings. The lowest BCUT2D eigenvalue weighted by Crippen LogP contribution is -2.43. The number of carbonyl (C=O) groups is 2. The number of furan rings is 1. The van der Waals surface area contributed by atoms with Crippen LogP contribution in [0.4, 0.5) is 10.5 Å². The van der Waals surface area contributed by atoms with Crippen molar-refractivity contribution in [1.82, 2.24) is 4.90 Å². The van der Waals surface area contributed by atoms with Gasteiger partial charge in [-0.05, 0) is 57.0 Å². The molecule has 0 fully saturated rings. The van der Waals surface area contributed by atoms with Crippen molar-refractivity contribution in [2.75, 3.05) is 13.7 Å². The number of fused-ring (bicyclic) bond motifs is 3. The third kappa shape index (κ3) is 4.02. The number of rotatable bonds is 4. The van der Waals surface area contributed by atoms with Gasteiger partial charge in [0.05, 0.1) is 17.6 Å². The monoisotopic (exact) mass is 468 g/mol. The smallest absolute Gasteiger partial charge is 0.411 e. The van der Waals surface area contributed by atoms with E-state index in [4.69, 9.17) is 13.9 Å². The minimum absolute atomic E-state index is 0.0639. The number of methoxy groups -OCH3 is 1. The third-order valence-corrected chi connectivity index (χ3v) is 5.59. The Morgan fingerprint density at radius 1 is 1.18 bits per heavy atom. The molecule has 10 heteroatoms. The topological polar surface area (TPSA) is 132 Å². The summed E-state index contributed by atoms with van der Waals surface area (Å²) in [6.45, 7) is 5.50. The molecule has 0 spiro atoms. The fourth-order valence-electron chi connectivity index (χ4n) is 4.20. The van der Waals surface area contributed by atoms with Crippen molar-refractivity contribution in [3.05, 3.63) is 69.0 Å². The summed E-state index contributed by atoms with van der Waals surface area (Å²) in [5.41, 5.74) is 0.703. The lowest BCUT2D eigenvalue weighted by molar-refractivity contribution is -0.384. The molecule has 0 bridgehead atoms. The molecule has 0 aliphatic carbocycles. The van der Waals surface area contributed by atoms with E-state index in [0.717, 1.165) is 0 Å². The van der Waals surface area contributed by atoms with Crippen LogP contribution in [0.1, 0.15) is 54.1 Å². The number of carboxylic acids is 1. The fraction of sp³-hybridized carbons (Fsp3) is 0.333. The second-order valence-electron chi connectivity index (χ2n) is 8.94. The molecule has 178 valence electrons. The van der Waals surface area contributed by atoms with E-state index in [-0.39, 0.29) is 23.4 Å². The summed E-state index contributed by atoms with van der Waals surface area (Å²) in [6, 6.07) is 8.01. The van der Waals surface area contributed by atoms with E-state index in [1.807, 2.05) is 0 Å². The van der Waals surface area contributed by atoms with E-state index in [9.17, 15) is 24.8 Å². The van der Waals surface area contributed by atoms with E-state index in [2.05, 4.69) is 0 Å². The molecule has 1 atom stereocenters. The number of nitro benzene ring substituents is 1. The Balaban J connectivity index is 1.94. The molecule has 1 aliphatic heterocycles. The highest BCUT2D eigenvalue weighted by atomic mass is 16.6. The summed E-state index contributed by atoms with van der Waals surface area (Å²) in [5, 5.41) is 21.3. The molecule has 0 saturated heterocycles. The van der Waals surface area contributed by atoms with E-state index in [0.29, 0.717) is 34.4 Å². The van der Waals surface area contributed by atoms with Crippen LogP contribution < -0.4 is 4.74 Å². The molecule has 0 radical (unpaired) electrons. The number of ether oxygens (including phenoxy) is 2. The molecule has 2 aromatic carbocycles. The van der Waals surface area contributed by atoms with Gasteiger partial charge in [-0.2, -0.15) is 0 Å². The Bertz CT molecular complexity index is 1290. The number of benzene rings is 2. The van der Waals surface area contributed by atoms with Gasteiger partial charge in [0.25, 0.3) is 5.69 Å². The Kier molecular flexibility index (Phi) is 5.68. The van der Waals surface area contributed by atoms with Crippen molar-refractivity contribution in [2.45, 2.75) is 38.8 Å². The van der Waals surface area contributed by atoms with E-state index in [1.165, 1.54) is 36.3 Å². The zero-order valence-electron chi connectivity index (χ0n) is 19.2. The summed E-state index contributed by atoms with van der Waals surface area (Å²) in [5.74, 6) is -0.383. The quantitative estimate of drug-likeness (QED) is 0.421. The minimum Gasteiger partial charge on any atom is -0.493 e. The number of aromatic carboxylic acids is 1. The Labute approximate surface area is 194 Å². The largest absolute Gasteiger partial charge is 0.493 e. The van der Waals surface area contributed by atoms with Gasteiger partial charge >= 0.3 is 12.1 Å². The van der Waals surface area contributed by atoms with E-state index >= 15 is 0 Å². The number of hydrogen-bond donors (Lipinski definition) is 1. The molecular formula is C24H24N2O8. The summed E-state index contributed by atoms with van der Waals surface area (Å²) >= 11 is 0. The predicted molar refractivity (Wildman–Crippen MR) is 121 cm³/mol. The van der Waals surface area contributed by atoms with E-state index < -0.39 is 28.6 Å². The van der Waals surface area contributed by atoms with Crippen LogP contribution in [0, 0.1) is 10.1 Å². The summed E-state index contributed by atoms with van der Waals surface area (Å²) in [7, 11) is 1.46. The maximum atomic E-state index is 13.1. The maximum Gasteiger partial charge on any atom is 0.411 e. The molecule has 34 heavy (non-hydrogen) atoms. The third-order valence-electron chi connectivity index (χ3n) is 5.59. The first kappa shape index (κ1) is 23.1. The number of hydrogen-bond acceptors (Lipinski definition) is 7. The lowest BCUT2D eigenvalue weighted by Gasteiger charge is -2.36. The number of nitrogens with zero attached hydrogens (tertiary/aromatic N) is 2. The van der Waals surface area contributed by atoms with Crippen molar-refractivity contribution >= 4 is 28.7 Å². The molecule has 1 aromatic heterocycles. The highest BCUT2D eigenvalue weighted by Gasteiger charge is 2.39. The van der Waals surface area contributed by atoms with Crippen LogP contribution in [0.3, 0.4) is 0 Å². The standard InChI is InChI=1S/C24H24N2O8/c1-24(2,3)34-23(29)25-12-11-15-18-16(22(27)28)9-10-17(32-4)21(18)33-20(15)19(25)13-5-7-14(8-6-13)26(30)31/h5-10,19H,11-12H2,1-4H3,(H,27,28). The van der Waals surface area contributed by atoms with Gasteiger partial charge < -0.3 is 19.0 Å².